The molecule has 0 bridgehead atoms. The molecule has 0 fully saturated rings. The second-order valence-corrected chi connectivity index (χ2v) is 6.93. The van der Waals surface area contributed by atoms with Crippen LogP contribution in [0, 0.1) is 5.82 Å². The summed E-state index contributed by atoms with van der Waals surface area (Å²) in [6, 6.07) is 10.1. The molecule has 5 heterocycles. The molecule has 0 unspecified atom stereocenters. The fourth-order valence-corrected chi connectivity index (χ4v) is 3.55. The minimum Gasteiger partial charge on any atom is -0.335 e. The van der Waals surface area contributed by atoms with Gasteiger partial charge in [-0.2, -0.15) is 5.10 Å². The van der Waals surface area contributed by atoms with E-state index in [1.165, 1.54) is 12.1 Å². The van der Waals surface area contributed by atoms with E-state index >= 15 is 0 Å². The third-order valence-corrected chi connectivity index (χ3v) is 4.99. The van der Waals surface area contributed by atoms with Crippen molar-refractivity contribution < 1.29 is 4.39 Å². The van der Waals surface area contributed by atoms with E-state index in [9.17, 15) is 4.39 Å². The summed E-state index contributed by atoms with van der Waals surface area (Å²) in [5.74, 6) is 0.222. The zero-order valence-electron chi connectivity index (χ0n) is 15.9. The van der Waals surface area contributed by atoms with Crippen LogP contribution in [0.1, 0.15) is 0 Å². The molecule has 9 heteroatoms. The smallest absolute Gasteiger partial charge is 0.161 e. The minimum atomic E-state index is -0.315. The van der Waals surface area contributed by atoms with E-state index in [0.29, 0.717) is 39.5 Å². The van der Waals surface area contributed by atoms with Gasteiger partial charge in [-0.1, -0.05) is 12.1 Å². The number of benzene rings is 1. The quantitative estimate of drug-likeness (QED) is 0.455. The lowest BCUT2D eigenvalue weighted by Gasteiger charge is -2.01. The number of nitrogens with one attached hydrogen (secondary N) is 2. The summed E-state index contributed by atoms with van der Waals surface area (Å²) in [7, 11) is 0. The van der Waals surface area contributed by atoms with Crippen molar-refractivity contribution in [2.45, 2.75) is 0 Å². The average Bonchev–Trinajstić information content (AvgIpc) is 3.43. The first-order valence-corrected chi connectivity index (χ1v) is 9.48. The number of aromatic amines is 2. The number of rotatable bonds is 3. The van der Waals surface area contributed by atoms with Crippen molar-refractivity contribution in [3.8, 4) is 34.0 Å². The SMILES string of the molecule is Fc1cccc(-c2cncc3[nH]c(-c4n[nH]c5ccc(-c6cnccn6)nc45)nc23)c1. The number of hydrogen-bond acceptors (Lipinski definition) is 6. The summed E-state index contributed by atoms with van der Waals surface area (Å²) in [4.78, 5) is 25.4. The maximum Gasteiger partial charge on any atom is 0.161 e. The Balaban J connectivity index is 1.52. The predicted molar refractivity (Wildman–Crippen MR) is 113 cm³/mol. The summed E-state index contributed by atoms with van der Waals surface area (Å²) in [6.45, 7) is 0. The monoisotopic (exact) mass is 408 g/mol. The van der Waals surface area contributed by atoms with Gasteiger partial charge in [0.05, 0.1) is 34.6 Å². The van der Waals surface area contributed by atoms with Gasteiger partial charge in [0.2, 0.25) is 0 Å². The molecule has 0 aliphatic carbocycles. The predicted octanol–water partition coefficient (Wildman–Crippen LogP) is 4.16. The molecule has 1 aromatic carbocycles. The first-order valence-electron chi connectivity index (χ1n) is 9.48. The van der Waals surface area contributed by atoms with Crippen molar-refractivity contribution in [1.82, 2.24) is 40.1 Å². The highest BCUT2D eigenvalue weighted by molar-refractivity contribution is 5.95. The molecule has 0 aliphatic rings. The molecule has 0 saturated heterocycles. The highest BCUT2D eigenvalue weighted by atomic mass is 19.1. The van der Waals surface area contributed by atoms with Gasteiger partial charge in [-0.05, 0) is 29.8 Å². The van der Waals surface area contributed by atoms with Crippen molar-refractivity contribution in [3.05, 3.63) is 73.2 Å². The first kappa shape index (κ1) is 17.3. The molecule has 6 aromatic rings. The van der Waals surface area contributed by atoms with Gasteiger partial charge in [0.25, 0.3) is 0 Å². The summed E-state index contributed by atoms with van der Waals surface area (Å²) >= 11 is 0. The van der Waals surface area contributed by atoms with E-state index in [1.807, 2.05) is 18.2 Å². The van der Waals surface area contributed by atoms with Crippen LogP contribution in [0.2, 0.25) is 0 Å². The molecule has 148 valence electrons. The molecule has 5 aromatic heterocycles. The largest absolute Gasteiger partial charge is 0.335 e. The van der Waals surface area contributed by atoms with Crippen LogP contribution in [-0.4, -0.2) is 40.1 Å². The molecular formula is C22H13FN8. The Morgan fingerprint density at radius 3 is 2.65 bits per heavy atom. The van der Waals surface area contributed by atoms with E-state index in [1.54, 1.807) is 37.1 Å². The number of aromatic nitrogens is 8. The zero-order valence-corrected chi connectivity index (χ0v) is 15.9. The van der Waals surface area contributed by atoms with Crippen molar-refractivity contribution in [2.24, 2.45) is 0 Å². The first-order chi connectivity index (χ1) is 15.3. The lowest BCUT2D eigenvalue weighted by molar-refractivity contribution is 0.628. The Morgan fingerprint density at radius 2 is 1.77 bits per heavy atom. The average molecular weight is 408 g/mol. The second-order valence-electron chi connectivity index (χ2n) is 6.93. The lowest BCUT2D eigenvalue weighted by Crippen LogP contribution is -1.89. The number of pyridine rings is 2. The van der Waals surface area contributed by atoms with Crippen molar-refractivity contribution in [2.75, 3.05) is 0 Å². The van der Waals surface area contributed by atoms with Gasteiger partial charge < -0.3 is 4.98 Å². The van der Waals surface area contributed by atoms with Crippen LogP contribution in [0.3, 0.4) is 0 Å². The molecule has 6 rings (SSSR count). The minimum absolute atomic E-state index is 0.315. The molecule has 0 radical (unpaired) electrons. The highest BCUT2D eigenvalue weighted by Gasteiger charge is 2.17. The molecule has 31 heavy (non-hydrogen) atoms. The topological polar surface area (TPSA) is 109 Å². The molecular weight excluding hydrogens is 395 g/mol. The van der Waals surface area contributed by atoms with Crippen molar-refractivity contribution in [3.63, 3.8) is 0 Å². The van der Waals surface area contributed by atoms with Gasteiger partial charge in [-0.25, -0.2) is 14.4 Å². The highest BCUT2D eigenvalue weighted by Crippen LogP contribution is 2.31. The van der Waals surface area contributed by atoms with Gasteiger partial charge in [-0.15, -0.1) is 0 Å². The van der Waals surface area contributed by atoms with Crippen molar-refractivity contribution in [1.29, 1.82) is 0 Å². The standard InChI is InChI=1S/C22H13FN8/c23-13-3-1-2-12(8-13)14-9-25-11-18-19(14)29-22(28-18)21-20-16(30-31-21)5-4-15(27-20)17-10-24-6-7-26-17/h1-11H,(H,28,29)(H,30,31). The van der Waals surface area contributed by atoms with Crippen LogP contribution in [0.5, 0.6) is 0 Å². The van der Waals surface area contributed by atoms with Crippen LogP contribution in [0.15, 0.2) is 67.4 Å². The van der Waals surface area contributed by atoms with Crippen LogP contribution >= 0.6 is 0 Å². The van der Waals surface area contributed by atoms with E-state index in [4.69, 9.17) is 9.97 Å². The Labute approximate surface area is 174 Å². The number of imidazole rings is 1. The molecule has 2 N–H and O–H groups in total. The second kappa shape index (κ2) is 6.77. The summed E-state index contributed by atoms with van der Waals surface area (Å²) in [5, 5.41) is 7.40. The number of halogens is 1. The third-order valence-electron chi connectivity index (χ3n) is 4.99. The number of H-pyrrole nitrogens is 2. The number of fused-ring (bicyclic) bond motifs is 2. The Kier molecular flexibility index (Phi) is 3.79. The summed E-state index contributed by atoms with van der Waals surface area (Å²) in [5.41, 5.74) is 6.17. The van der Waals surface area contributed by atoms with Crippen LogP contribution < -0.4 is 0 Å². The molecule has 0 saturated carbocycles. The molecule has 0 amide bonds. The summed E-state index contributed by atoms with van der Waals surface area (Å²) in [6.07, 6.45) is 8.25. The Morgan fingerprint density at radius 1 is 0.806 bits per heavy atom. The fraction of sp³-hybridized carbons (Fsp3) is 0. The maximum absolute atomic E-state index is 13.8. The zero-order chi connectivity index (χ0) is 20.8. The lowest BCUT2D eigenvalue weighted by atomic mass is 10.1. The van der Waals surface area contributed by atoms with Crippen LogP contribution in [-0.2, 0) is 0 Å². The van der Waals surface area contributed by atoms with E-state index in [0.717, 1.165) is 16.6 Å². The number of nitrogens with zero attached hydrogens (tertiary/aromatic N) is 6. The normalized spacial score (nSPS) is 11.4. The summed E-state index contributed by atoms with van der Waals surface area (Å²) < 4.78 is 13.8. The Hall–Kier alpha value is -4.53. The molecule has 0 atom stereocenters. The molecule has 8 nitrogen and oxygen atoms in total. The van der Waals surface area contributed by atoms with E-state index < -0.39 is 0 Å². The van der Waals surface area contributed by atoms with E-state index in [2.05, 4.69) is 30.1 Å². The van der Waals surface area contributed by atoms with Gasteiger partial charge in [0.1, 0.15) is 17.0 Å². The Bertz CT molecular complexity index is 1550. The van der Waals surface area contributed by atoms with Gasteiger partial charge in [-0.3, -0.25) is 20.1 Å². The maximum atomic E-state index is 13.8. The van der Waals surface area contributed by atoms with E-state index in [-0.39, 0.29) is 5.82 Å². The van der Waals surface area contributed by atoms with Crippen LogP contribution in [0.25, 0.3) is 56.1 Å². The van der Waals surface area contributed by atoms with Crippen molar-refractivity contribution >= 4 is 22.1 Å². The van der Waals surface area contributed by atoms with Crippen LogP contribution in [0.4, 0.5) is 4.39 Å². The molecule has 0 spiro atoms. The van der Waals surface area contributed by atoms with Gasteiger partial charge >= 0.3 is 0 Å². The van der Waals surface area contributed by atoms with Gasteiger partial charge in [0, 0.05) is 24.2 Å². The fourth-order valence-electron chi connectivity index (χ4n) is 3.55. The number of hydrogen-bond donors (Lipinski definition) is 2. The van der Waals surface area contributed by atoms with Gasteiger partial charge in [0.15, 0.2) is 11.5 Å². The molecule has 0 aliphatic heterocycles. The third kappa shape index (κ3) is 2.91.